The Hall–Kier alpha value is -3.18. The largest absolute Gasteiger partial charge is 0.494 e. The SMILES string of the molecule is COc1ccc(-c2nc(C(=O)NC3(CO)CCCC3)c(CN)o2)c2ccc(C(F)(F)F)nc12. The number of hydrogen-bond acceptors (Lipinski definition) is 7. The number of aromatic nitrogens is 2. The van der Waals surface area contributed by atoms with Crippen molar-refractivity contribution in [1.29, 1.82) is 0 Å². The van der Waals surface area contributed by atoms with Crippen LogP contribution in [-0.4, -0.2) is 40.2 Å². The summed E-state index contributed by atoms with van der Waals surface area (Å²) in [6.07, 6.45) is -1.56. The van der Waals surface area contributed by atoms with E-state index in [9.17, 15) is 23.1 Å². The topological polar surface area (TPSA) is 124 Å². The minimum absolute atomic E-state index is 0.0132. The first-order valence-electron chi connectivity index (χ1n) is 10.4. The van der Waals surface area contributed by atoms with Crippen LogP contribution >= 0.6 is 0 Å². The van der Waals surface area contributed by atoms with Gasteiger partial charge in [-0.05, 0) is 37.1 Å². The van der Waals surface area contributed by atoms with Crippen LogP contribution in [0.2, 0.25) is 0 Å². The lowest BCUT2D eigenvalue weighted by molar-refractivity contribution is -0.140. The summed E-state index contributed by atoms with van der Waals surface area (Å²) in [7, 11) is 1.33. The molecule has 2 aromatic heterocycles. The summed E-state index contributed by atoms with van der Waals surface area (Å²) in [4.78, 5) is 21.0. The predicted molar refractivity (Wildman–Crippen MR) is 112 cm³/mol. The lowest BCUT2D eigenvalue weighted by Crippen LogP contribution is -2.49. The van der Waals surface area contributed by atoms with E-state index >= 15 is 0 Å². The first kappa shape index (κ1) is 23.0. The fourth-order valence-electron chi connectivity index (χ4n) is 4.16. The Bertz CT molecular complexity index is 1190. The van der Waals surface area contributed by atoms with E-state index in [1.54, 1.807) is 6.07 Å². The number of hydrogen-bond donors (Lipinski definition) is 3. The standard InChI is InChI=1S/C22H23F3N4O4/c1-32-14-6-4-13(12-5-7-16(22(23,24)25)27-17(12)14)20-28-18(15(10-26)33-20)19(31)29-21(11-30)8-2-3-9-21/h4-7,30H,2-3,8-11,26H2,1H3,(H,29,31). The van der Waals surface area contributed by atoms with Gasteiger partial charge in [-0.15, -0.1) is 0 Å². The highest BCUT2D eigenvalue weighted by Gasteiger charge is 2.36. The van der Waals surface area contributed by atoms with Crippen LogP contribution in [0.1, 0.15) is 47.6 Å². The molecule has 0 radical (unpaired) electrons. The zero-order valence-electron chi connectivity index (χ0n) is 17.8. The summed E-state index contributed by atoms with van der Waals surface area (Å²) >= 11 is 0. The van der Waals surface area contributed by atoms with Gasteiger partial charge in [-0.2, -0.15) is 13.2 Å². The number of halogens is 3. The Balaban J connectivity index is 1.77. The van der Waals surface area contributed by atoms with Gasteiger partial charge in [0, 0.05) is 10.9 Å². The summed E-state index contributed by atoms with van der Waals surface area (Å²) < 4.78 is 50.5. The van der Waals surface area contributed by atoms with Crippen LogP contribution in [0, 0.1) is 0 Å². The molecular weight excluding hydrogens is 441 g/mol. The third kappa shape index (κ3) is 4.25. The van der Waals surface area contributed by atoms with Crippen molar-refractivity contribution in [2.45, 2.75) is 43.9 Å². The molecule has 33 heavy (non-hydrogen) atoms. The van der Waals surface area contributed by atoms with Gasteiger partial charge in [-0.3, -0.25) is 4.79 Å². The van der Waals surface area contributed by atoms with E-state index in [1.165, 1.54) is 19.2 Å². The van der Waals surface area contributed by atoms with Gasteiger partial charge in [0.15, 0.2) is 11.5 Å². The zero-order chi connectivity index (χ0) is 23.8. The molecule has 1 amide bonds. The number of nitrogens with zero attached hydrogens (tertiary/aromatic N) is 2. The van der Waals surface area contributed by atoms with Crippen LogP contribution in [0.3, 0.4) is 0 Å². The molecular formula is C22H23F3N4O4. The molecule has 176 valence electrons. The lowest BCUT2D eigenvalue weighted by Gasteiger charge is -2.27. The second-order valence-electron chi connectivity index (χ2n) is 8.00. The fraction of sp³-hybridized carbons (Fsp3) is 0.409. The Kier molecular flexibility index (Phi) is 6.02. The molecule has 0 saturated heterocycles. The first-order valence-corrected chi connectivity index (χ1v) is 10.4. The molecule has 1 aromatic carbocycles. The fourth-order valence-corrected chi connectivity index (χ4v) is 4.16. The van der Waals surface area contributed by atoms with E-state index in [0.29, 0.717) is 23.8 Å². The van der Waals surface area contributed by atoms with Crippen LogP contribution in [0.25, 0.3) is 22.4 Å². The van der Waals surface area contributed by atoms with E-state index in [2.05, 4.69) is 15.3 Å². The molecule has 0 bridgehead atoms. The third-order valence-electron chi connectivity index (χ3n) is 5.90. The maximum atomic E-state index is 13.2. The molecule has 0 unspecified atom stereocenters. The van der Waals surface area contributed by atoms with Crippen LogP contribution in [0.15, 0.2) is 28.7 Å². The molecule has 1 aliphatic rings. The Labute approximate surface area is 187 Å². The van der Waals surface area contributed by atoms with E-state index in [-0.39, 0.29) is 41.8 Å². The van der Waals surface area contributed by atoms with E-state index in [1.807, 2.05) is 0 Å². The van der Waals surface area contributed by atoms with Gasteiger partial charge in [-0.25, -0.2) is 9.97 Å². The van der Waals surface area contributed by atoms with Crippen molar-refractivity contribution in [2.75, 3.05) is 13.7 Å². The number of methoxy groups -OCH3 is 1. The van der Waals surface area contributed by atoms with Gasteiger partial charge in [0.25, 0.3) is 5.91 Å². The number of nitrogens with two attached hydrogens (primary N) is 1. The second-order valence-corrected chi connectivity index (χ2v) is 8.00. The molecule has 8 nitrogen and oxygen atoms in total. The molecule has 0 atom stereocenters. The van der Waals surface area contributed by atoms with Crippen molar-refractivity contribution in [1.82, 2.24) is 15.3 Å². The molecule has 2 heterocycles. The maximum absolute atomic E-state index is 13.2. The highest BCUT2D eigenvalue weighted by atomic mass is 19.4. The molecule has 4 N–H and O–H groups in total. The summed E-state index contributed by atoms with van der Waals surface area (Å²) in [5, 5.41) is 12.9. The summed E-state index contributed by atoms with van der Waals surface area (Å²) in [6, 6.07) is 5.14. The smallest absolute Gasteiger partial charge is 0.433 e. The number of pyridine rings is 1. The molecule has 0 aliphatic heterocycles. The quantitative estimate of drug-likeness (QED) is 0.511. The highest BCUT2D eigenvalue weighted by molar-refractivity contribution is 5.98. The average molecular weight is 464 g/mol. The number of alkyl halides is 3. The summed E-state index contributed by atoms with van der Waals surface area (Å²) in [6.45, 7) is -0.315. The summed E-state index contributed by atoms with van der Waals surface area (Å²) in [5.74, 6) is -0.247. The van der Waals surface area contributed by atoms with Gasteiger partial charge >= 0.3 is 6.18 Å². The van der Waals surface area contributed by atoms with Crippen molar-refractivity contribution >= 4 is 16.8 Å². The number of fused-ring (bicyclic) bond motifs is 1. The number of aliphatic hydroxyl groups is 1. The highest BCUT2D eigenvalue weighted by Crippen LogP contribution is 2.37. The molecule has 1 fully saturated rings. The number of amides is 1. The number of nitrogens with one attached hydrogen (secondary N) is 1. The number of aliphatic hydroxyl groups excluding tert-OH is 1. The molecule has 1 aliphatic carbocycles. The lowest BCUT2D eigenvalue weighted by atomic mass is 9.98. The molecule has 0 spiro atoms. The van der Waals surface area contributed by atoms with Crippen molar-refractivity contribution in [2.24, 2.45) is 5.73 Å². The average Bonchev–Trinajstić information content (AvgIpc) is 3.45. The zero-order valence-corrected chi connectivity index (χ0v) is 17.8. The Morgan fingerprint density at radius 2 is 1.97 bits per heavy atom. The van der Waals surface area contributed by atoms with Crippen molar-refractivity contribution in [3.8, 4) is 17.2 Å². The second kappa shape index (κ2) is 8.64. The Morgan fingerprint density at radius 1 is 1.24 bits per heavy atom. The van der Waals surface area contributed by atoms with Gasteiger partial charge in [-0.1, -0.05) is 12.8 Å². The normalized spacial score (nSPS) is 15.7. The predicted octanol–water partition coefficient (Wildman–Crippen LogP) is 3.41. The minimum atomic E-state index is -4.63. The van der Waals surface area contributed by atoms with Crippen LogP contribution < -0.4 is 15.8 Å². The van der Waals surface area contributed by atoms with E-state index in [0.717, 1.165) is 18.9 Å². The summed E-state index contributed by atoms with van der Waals surface area (Å²) in [5.41, 5.74) is 4.26. The molecule has 3 aromatic rings. The number of benzene rings is 1. The number of ether oxygens (including phenoxy) is 1. The van der Waals surface area contributed by atoms with Gasteiger partial charge in [0.05, 0.1) is 25.8 Å². The number of carbonyl (C=O) groups is 1. The van der Waals surface area contributed by atoms with Crippen molar-refractivity contribution < 1.29 is 32.2 Å². The number of carbonyl (C=O) groups excluding carboxylic acids is 1. The number of oxazole rings is 1. The van der Waals surface area contributed by atoms with Gasteiger partial charge < -0.3 is 25.3 Å². The Morgan fingerprint density at radius 3 is 2.58 bits per heavy atom. The maximum Gasteiger partial charge on any atom is 0.433 e. The molecule has 11 heteroatoms. The number of rotatable bonds is 6. The van der Waals surface area contributed by atoms with E-state index < -0.39 is 23.3 Å². The van der Waals surface area contributed by atoms with Gasteiger partial charge in [0.2, 0.25) is 5.89 Å². The van der Waals surface area contributed by atoms with E-state index in [4.69, 9.17) is 14.9 Å². The van der Waals surface area contributed by atoms with Crippen LogP contribution in [0.4, 0.5) is 13.2 Å². The molecule has 1 saturated carbocycles. The monoisotopic (exact) mass is 464 g/mol. The van der Waals surface area contributed by atoms with Crippen LogP contribution in [-0.2, 0) is 12.7 Å². The van der Waals surface area contributed by atoms with Crippen molar-refractivity contribution in [3.05, 3.63) is 41.4 Å². The molecule has 4 rings (SSSR count). The first-order chi connectivity index (χ1) is 15.7. The van der Waals surface area contributed by atoms with Crippen molar-refractivity contribution in [3.63, 3.8) is 0 Å². The minimum Gasteiger partial charge on any atom is -0.494 e. The van der Waals surface area contributed by atoms with Gasteiger partial charge in [0.1, 0.15) is 17.0 Å². The van der Waals surface area contributed by atoms with Crippen LogP contribution in [0.5, 0.6) is 5.75 Å². The third-order valence-corrected chi connectivity index (χ3v) is 5.90.